The van der Waals surface area contributed by atoms with Gasteiger partial charge in [0.05, 0.1) is 17.3 Å². The summed E-state index contributed by atoms with van der Waals surface area (Å²) in [5.41, 5.74) is 9.09. The van der Waals surface area contributed by atoms with Crippen LogP contribution >= 0.6 is 0 Å². The number of nitrogens with one attached hydrogen (secondary N) is 1. The van der Waals surface area contributed by atoms with Gasteiger partial charge in [-0.25, -0.2) is 9.37 Å². The molecule has 0 amide bonds. The maximum absolute atomic E-state index is 13.5. The van der Waals surface area contributed by atoms with Gasteiger partial charge in [-0.1, -0.05) is 18.7 Å². The van der Waals surface area contributed by atoms with E-state index < -0.39 is 0 Å². The zero-order valence-electron chi connectivity index (χ0n) is 15.5. The summed E-state index contributed by atoms with van der Waals surface area (Å²) in [5, 5.41) is 4.77. The Morgan fingerprint density at radius 3 is 2.81 bits per heavy atom. The summed E-state index contributed by atoms with van der Waals surface area (Å²) >= 11 is 0. The zero-order chi connectivity index (χ0) is 18.5. The van der Waals surface area contributed by atoms with Gasteiger partial charge in [-0.15, -0.1) is 0 Å². The van der Waals surface area contributed by atoms with Gasteiger partial charge in [-0.2, -0.15) is 5.10 Å². The van der Waals surface area contributed by atoms with E-state index in [1.807, 2.05) is 31.6 Å². The van der Waals surface area contributed by atoms with Crippen LogP contribution in [0.1, 0.15) is 48.9 Å². The molecule has 1 fully saturated rings. The third kappa shape index (κ3) is 2.56. The molecule has 0 radical (unpaired) electrons. The van der Waals surface area contributed by atoms with E-state index in [4.69, 9.17) is 5.10 Å². The number of hydrogen-bond acceptors (Lipinski definition) is 3. The zero-order valence-corrected chi connectivity index (χ0v) is 15.5. The summed E-state index contributed by atoms with van der Waals surface area (Å²) in [4.78, 5) is 4.67. The van der Waals surface area contributed by atoms with Crippen molar-refractivity contribution in [1.82, 2.24) is 15.0 Å². The van der Waals surface area contributed by atoms with Gasteiger partial charge in [-0.05, 0) is 60.4 Å². The molecule has 1 aromatic carbocycles. The standard InChI is InChI=1S/C22H23FN4/c1-13-17-5-3-4-15-12-18(14-6-8-16(23)9-7-14)20(21(19(15)17)26-25-13)22-24-10-11-27(22)2/h6-11,15,18,20,25H,1,3-5,12H2,2H3. The van der Waals surface area contributed by atoms with Crippen LogP contribution in [0.15, 0.2) is 65.2 Å². The van der Waals surface area contributed by atoms with E-state index in [1.54, 1.807) is 12.1 Å². The summed E-state index contributed by atoms with van der Waals surface area (Å²) < 4.78 is 15.6. The third-order valence-electron chi connectivity index (χ3n) is 6.33. The average Bonchev–Trinajstić information content (AvgIpc) is 3.10. The highest BCUT2D eigenvalue weighted by molar-refractivity contribution is 6.08. The fraction of sp³-hybridized carbons (Fsp3) is 0.364. The predicted octanol–water partition coefficient (Wildman–Crippen LogP) is 4.40. The molecule has 2 aliphatic carbocycles. The van der Waals surface area contributed by atoms with Crippen LogP contribution in [-0.4, -0.2) is 15.3 Å². The van der Waals surface area contributed by atoms with Gasteiger partial charge in [0.25, 0.3) is 0 Å². The second kappa shape index (κ2) is 6.19. The molecule has 1 N–H and O–H groups in total. The number of rotatable bonds is 2. The molecule has 0 saturated heterocycles. The van der Waals surface area contributed by atoms with Crippen LogP contribution in [0.4, 0.5) is 4.39 Å². The van der Waals surface area contributed by atoms with Crippen LogP contribution in [-0.2, 0) is 7.05 Å². The van der Waals surface area contributed by atoms with E-state index >= 15 is 0 Å². The monoisotopic (exact) mass is 362 g/mol. The first-order valence-corrected chi connectivity index (χ1v) is 9.62. The number of hydrogen-bond donors (Lipinski definition) is 1. The van der Waals surface area contributed by atoms with Gasteiger partial charge < -0.3 is 4.57 Å². The minimum atomic E-state index is -0.198. The van der Waals surface area contributed by atoms with Crippen molar-refractivity contribution >= 4 is 5.71 Å². The van der Waals surface area contributed by atoms with Crippen LogP contribution in [0.2, 0.25) is 0 Å². The van der Waals surface area contributed by atoms with E-state index in [2.05, 4.69) is 21.6 Å². The summed E-state index contributed by atoms with van der Waals surface area (Å²) in [7, 11) is 2.03. The Labute approximate surface area is 158 Å². The smallest absolute Gasteiger partial charge is 0.123 e. The molecule has 1 aromatic heterocycles. The van der Waals surface area contributed by atoms with Gasteiger partial charge in [0.1, 0.15) is 11.6 Å². The summed E-state index contributed by atoms with van der Waals surface area (Å²) in [6.45, 7) is 4.18. The lowest BCUT2D eigenvalue weighted by Crippen LogP contribution is -2.40. The predicted molar refractivity (Wildman–Crippen MR) is 104 cm³/mol. The number of aromatic nitrogens is 2. The van der Waals surface area contributed by atoms with Gasteiger partial charge >= 0.3 is 0 Å². The molecule has 4 nitrogen and oxygen atoms in total. The number of hydrazone groups is 1. The lowest BCUT2D eigenvalue weighted by molar-refractivity contribution is 0.388. The summed E-state index contributed by atoms with van der Waals surface area (Å²) in [6.07, 6.45) is 8.28. The first kappa shape index (κ1) is 16.5. The molecule has 1 aliphatic heterocycles. The lowest BCUT2D eigenvalue weighted by Gasteiger charge is -2.44. The summed E-state index contributed by atoms with van der Waals surface area (Å²) in [6, 6.07) is 6.96. The number of nitrogens with zero attached hydrogens (tertiary/aromatic N) is 3. The Balaban J connectivity index is 1.69. The van der Waals surface area contributed by atoms with Crippen molar-refractivity contribution in [3.8, 4) is 0 Å². The van der Waals surface area contributed by atoms with Crippen molar-refractivity contribution in [3.63, 3.8) is 0 Å². The van der Waals surface area contributed by atoms with Crippen LogP contribution in [0.3, 0.4) is 0 Å². The topological polar surface area (TPSA) is 42.2 Å². The Kier molecular flexibility index (Phi) is 3.78. The first-order valence-electron chi connectivity index (χ1n) is 9.62. The fourth-order valence-corrected chi connectivity index (χ4v) is 5.11. The van der Waals surface area contributed by atoms with Crippen molar-refractivity contribution in [1.29, 1.82) is 0 Å². The number of aryl methyl sites for hydroxylation is 1. The number of allylic oxidation sites excluding steroid dienone is 2. The molecule has 27 heavy (non-hydrogen) atoms. The Hall–Kier alpha value is -2.69. The van der Waals surface area contributed by atoms with Crippen molar-refractivity contribution in [3.05, 3.63) is 77.3 Å². The molecule has 138 valence electrons. The number of benzene rings is 1. The van der Waals surface area contributed by atoms with Crippen molar-refractivity contribution in [2.45, 2.75) is 37.5 Å². The average molecular weight is 362 g/mol. The van der Waals surface area contributed by atoms with Crippen molar-refractivity contribution in [2.75, 3.05) is 0 Å². The Morgan fingerprint density at radius 2 is 2.07 bits per heavy atom. The maximum atomic E-state index is 13.5. The Morgan fingerprint density at radius 1 is 1.26 bits per heavy atom. The highest BCUT2D eigenvalue weighted by atomic mass is 19.1. The highest BCUT2D eigenvalue weighted by Gasteiger charge is 2.45. The molecule has 0 bridgehead atoms. The minimum absolute atomic E-state index is 0.0513. The van der Waals surface area contributed by atoms with Gasteiger partial charge in [-0.3, -0.25) is 5.43 Å². The second-order valence-corrected chi connectivity index (χ2v) is 7.84. The fourth-order valence-electron chi connectivity index (χ4n) is 5.11. The number of imidazole rings is 1. The van der Waals surface area contributed by atoms with E-state index in [0.717, 1.165) is 35.6 Å². The van der Waals surface area contributed by atoms with E-state index in [0.29, 0.717) is 5.92 Å². The maximum Gasteiger partial charge on any atom is 0.123 e. The van der Waals surface area contributed by atoms with Gasteiger partial charge in [0, 0.05) is 25.4 Å². The van der Waals surface area contributed by atoms with Crippen LogP contribution in [0.25, 0.3) is 0 Å². The first-order chi connectivity index (χ1) is 13.1. The van der Waals surface area contributed by atoms with Gasteiger partial charge in [0.2, 0.25) is 0 Å². The molecule has 5 rings (SSSR count). The third-order valence-corrected chi connectivity index (χ3v) is 6.33. The highest BCUT2D eigenvalue weighted by Crippen LogP contribution is 2.52. The molecular weight excluding hydrogens is 339 g/mol. The largest absolute Gasteiger partial charge is 0.337 e. The molecule has 2 heterocycles. The van der Waals surface area contributed by atoms with Gasteiger partial charge in [0.15, 0.2) is 0 Å². The summed E-state index contributed by atoms with van der Waals surface area (Å²) in [5.74, 6) is 1.57. The van der Waals surface area contributed by atoms with E-state index in [9.17, 15) is 4.39 Å². The molecule has 3 atom stereocenters. The lowest BCUT2D eigenvalue weighted by atomic mass is 9.62. The molecule has 3 unspecified atom stereocenters. The molecule has 0 spiro atoms. The number of halogens is 1. The minimum Gasteiger partial charge on any atom is -0.337 e. The van der Waals surface area contributed by atoms with Crippen LogP contribution in [0, 0.1) is 11.7 Å². The van der Waals surface area contributed by atoms with Crippen molar-refractivity contribution < 1.29 is 4.39 Å². The molecule has 2 aromatic rings. The van der Waals surface area contributed by atoms with E-state index in [1.165, 1.54) is 24.0 Å². The molecule has 1 saturated carbocycles. The van der Waals surface area contributed by atoms with Crippen LogP contribution < -0.4 is 5.43 Å². The quantitative estimate of drug-likeness (QED) is 0.860. The normalized spacial score (nSPS) is 27.1. The molecule has 3 aliphatic rings. The Bertz CT molecular complexity index is 966. The van der Waals surface area contributed by atoms with Crippen molar-refractivity contribution in [2.24, 2.45) is 18.1 Å². The SMILES string of the molecule is C=C1NN=C2C3=C1CCCC3CC(c1ccc(F)cc1)C2c1nccn1C. The van der Waals surface area contributed by atoms with E-state index in [-0.39, 0.29) is 17.7 Å². The molecule has 5 heteroatoms. The van der Waals surface area contributed by atoms with Crippen LogP contribution in [0.5, 0.6) is 0 Å². The second-order valence-electron chi connectivity index (χ2n) is 7.84. The molecular formula is C22H23FN4.